The van der Waals surface area contributed by atoms with Crippen molar-refractivity contribution in [3.8, 4) is 0 Å². The predicted octanol–water partition coefficient (Wildman–Crippen LogP) is 3.08. The van der Waals surface area contributed by atoms with E-state index in [0.29, 0.717) is 0 Å². The zero-order valence-electron chi connectivity index (χ0n) is 13.9. The fourth-order valence-electron chi connectivity index (χ4n) is 2.91. The molecule has 1 unspecified atom stereocenters. The number of para-hydroxylation sites is 1. The van der Waals surface area contributed by atoms with E-state index in [4.69, 9.17) is 0 Å². The van der Waals surface area contributed by atoms with E-state index in [2.05, 4.69) is 10.3 Å². The predicted molar refractivity (Wildman–Crippen MR) is 96.4 cm³/mol. The summed E-state index contributed by atoms with van der Waals surface area (Å²) < 4.78 is 0. The normalized spacial score (nSPS) is 13.3. The molecule has 0 radical (unpaired) electrons. The topological polar surface area (TPSA) is 82.2 Å². The second-order valence-electron chi connectivity index (χ2n) is 6.10. The number of aromatic nitrogens is 1. The summed E-state index contributed by atoms with van der Waals surface area (Å²) in [4.78, 5) is 27.2. The molecule has 0 aliphatic heterocycles. The molecule has 1 amide bonds. The van der Waals surface area contributed by atoms with Gasteiger partial charge in [-0.1, -0.05) is 48.5 Å². The van der Waals surface area contributed by atoms with Gasteiger partial charge in [0.15, 0.2) is 0 Å². The lowest BCUT2D eigenvalue weighted by atomic mass is 9.99. The van der Waals surface area contributed by atoms with Gasteiger partial charge in [-0.3, -0.25) is 4.79 Å². The molecule has 0 fully saturated rings. The number of H-pyrrole nitrogens is 1. The second-order valence-corrected chi connectivity index (χ2v) is 6.10. The molecule has 25 heavy (non-hydrogen) atoms. The van der Waals surface area contributed by atoms with Gasteiger partial charge < -0.3 is 15.4 Å². The number of aliphatic carboxylic acids is 1. The molecule has 0 aliphatic rings. The zero-order valence-corrected chi connectivity index (χ0v) is 13.9. The summed E-state index contributed by atoms with van der Waals surface area (Å²) in [6.45, 7) is 1.77. The van der Waals surface area contributed by atoms with Gasteiger partial charge in [-0.25, -0.2) is 4.79 Å². The lowest BCUT2D eigenvalue weighted by Gasteiger charge is -2.18. The van der Waals surface area contributed by atoms with Gasteiger partial charge in [0, 0.05) is 23.5 Å². The molecular formula is C20H20N2O3. The lowest BCUT2D eigenvalue weighted by molar-refractivity contribution is -0.141. The molecular weight excluding hydrogens is 316 g/mol. The van der Waals surface area contributed by atoms with Crippen LogP contribution in [0.15, 0.2) is 60.8 Å². The van der Waals surface area contributed by atoms with Crippen molar-refractivity contribution in [1.82, 2.24) is 10.3 Å². The first-order valence-corrected chi connectivity index (χ1v) is 8.19. The Morgan fingerprint density at radius 2 is 1.76 bits per heavy atom. The van der Waals surface area contributed by atoms with Crippen LogP contribution in [0, 0.1) is 0 Å². The van der Waals surface area contributed by atoms with Crippen molar-refractivity contribution in [3.05, 3.63) is 71.9 Å². The molecule has 2 aromatic carbocycles. The summed E-state index contributed by atoms with van der Waals surface area (Å²) >= 11 is 0. The zero-order chi connectivity index (χ0) is 17.8. The average molecular weight is 336 g/mol. The number of carboxylic acid groups (broad SMARTS) is 1. The molecule has 1 heterocycles. The molecule has 0 aliphatic carbocycles. The summed E-state index contributed by atoms with van der Waals surface area (Å²) in [6, 6.07) is 16.0. The van der Waals surface area contributed by atoms with Crippen LogP contribution in [0.4, 0.5) is 0 Å². The van der Waals surface area contributed by atoms with Gasteiger partial charge in [0.05, 0.1) is 5.92 Å². The molecule has 0 saturated carbocycles. The Labute approximate surface area is 145 Å². The number of carbonyl (C=O) groups is 2. The molecule has 2 atom stereocenters. The van der Waals surface area contributed by atoms with E-state index in [-0.39, 0.29) is 12.3 Å². The lowest BCUT2D eigenvalue weighted by Crippen LogP contribution is -2.44. The second kappa shape index (κ2) is 7.21. The maximum Gasteiger partial charge on any atom is 0.326 e. The van der Waals surface area contributed by atoms with Crippen LogP contribution in [0.5, 0.6) is 0 Å². The van der Waals surface area contributed by atoms with Gasteiger partial charge in [0.2, 0.25) is 5.91 Å². The number of fused-ring (bicyclic) bond motifs is 1. The highest BCUT2D eigenvalue weighted by Crippen LogP contribution is 2.20. The molecule has 5 heteroatoms. The van der Waals surface area contributed by atoms with E-state index in [0.717, 1.165) is 22.0 Å². The number of nitrogens with one attached hydrogen (secondary N) is 2. The molecule has 3 N–H and O–H groups in total. The maximum atomic E-state index is 12.5. The first-order valence-electron chi connectivity index (χ1n) is 8.19. The van der Waals surface area contributed by atoms with Crippen LogP contribution < -0.4 is 5.32 Å². The number of hydrogen-bond acceptors (Lipinski definition) is 2. The van der Waals surface area contributed by atoms with E-state index in [9.17, 15) is 14.7 Å². The number of carbonyl (C=O) groups excluding carboxylic acids is 1. The third-order valence-electron chi connectivity index (χ3n) is 4.41. The quantitative estimate of drug-likeness (QED) is 0.647. The van der Waals surface area contributed by atoms with Gasteiger partial charge in [-0.15, -0.1) is 0 Å². The first-order chi connectivity index (χ1) is 12.1. The Balaban J connectivity index is 1.75. The number of benzene rings is 2. The van der Waals surface area contributed by atoms with Gasteiger partial charge in [0.1, 0.15) is 6.04 Å². The molecule has 1 aromatic heterocycles. The Morgan fingerprint density at radius 1 is 1.08 bits per heavy atom. The van der Waals surface area contributed by atoms with Crippen LogP contribution in [0.25, 0.3) is 10.9 Å². The van der Waals surface area contributed by atoms with E-state index < -0.39 is 17.9 Å². The van der Waals surface area contributed by atoms with Gasteiger partial charge in [0.25, 0.3) is 0 Å². The molecule has 128 valence electrons. The maximum absolute atomic E-state index is 12.5. The van der Waals surface area contributed by atoms with Crippen LogP contribution in [0.1, 0.15) is 24.0 Å². The van der Waals surface area contributed by atoms with Gasteiger partial charge in [-0.2, -0.15) is 0 Å². The van der Waals surface area contributed by atoms with Crippen LogP contribution in [-0.2, 0) is 16.0 Å². The molecule has 0 saturated heterocycles. The minimum Gasteiger partial charge on any atom is -0.480 e. The van der Waals surface area contributed by atoms with Crippen molar-refractivity contribution in [1.29, 1.82) is 0 Å². The standard InChI is InChI=1S/C20H20N2O3/c1-13(14-7-3-2-4-8-14)19(23)22-18(20(24)25)11-15-12-21-17-10-6-5-9-16(15)17/h2-10,12-13,18,21H,11H2,1H3,(H,22,23)(H,24,25)/t13?,18-/m1/s1. The Morgan fingerprint density at radius 3 is 2.48 bits per heavy atom. The largest absolute Gasteiger partial charge is 0.480 e. The molecule has 0 bridgehead atoms. The Hall–Kier alpha value is -3.08. The molecule has 3 rings (SSSR count). The summed E-state index contributed by atoms with van der Waals surface area (Å²) in [7, 11) is 0. The summed E-state index contributed by atoms with van der Waals surface area (Å²) in [5, 5.41) is 13.2. The highest BCUT2D eigenvalue weighted by molar-refractivity contribution is 5.89. The van der Waals surface area contributed by atoms with E-state index >= 15 is 0 Å². The van der Waals surface area contributed by atoms with Gasteiger partial charge >= 0.3 is 5.97 Å². The van der Waals surface area contributed by atoms with Crippen molar-refractivity contribution < 1.29 is 14.7 Å². The average Bonchev–Trinajstić information content (AvgIpc) is 3.04. The number of aromatic amines is 1. The summed E-state index contributed by atoms with van der Waals surface area (Å²) in [5.41, 5.74) is 2.68. The minimum atomic E-state index is -1.04. The Bertz CT molecular complexity index is 886. The van der Waals surface area contributed by atoms with Crippen LogP contribution in [0.3, 0.4) is 0 Å². The molecule has 3 aromatic rings. The molecule has 5 nitrogen and oxygen atoms in total. The van der Waals surface area contributed by atoms with Crippen molar-refractivity contribution in [3.63, 3.8) is 0 Å². The Kier molecular flexibility index (Phi) is 4.84. The van der Waals surface area contributed by atoms with E-state index in [1.807, 2.05) is 54.6 Å². The van der Waals surface area contributed by atoms with Crippen molar-refractivity contribution in [2.24, 2.45) is 0 Å². The fourth-order valence-corrected chi connectivity index (χ4v) is 2.91. The van der Waals surface area contributed by atoms with Crippen molar-refractivity contribution >= 4 is 22.8 Å². The fraction of sp³-hybridized carbons (Fsp3) is 0.200. The van der Waals surface area contributed by atoms with Crippen LogP contribution >= 0.6 is 0 Å². The first kappa shape index (κ1) is 16.8. The van der Waals surface area contributed by atoms with Crippen LogP contribution in [-0.4, -0.2) is 28.0 Å². The van der Waals surface area contributed by atoms with E-state index in [1.54, 1.807) is 13.1 Å². The van der Waals surface area contributed by atoms with Crippen molar-refractivity contribution in [2.75, 3.05) is 0 Å². The highest BCUT2D eigenvalue weighted by atomic mass is 16.4. The summed E-state index contributed by atoms with van der Waals surface area (Å²) in [6.07, 6.45) is 2.03. The SMILES string of the molecule is CC(C(=O)N[C@H](Cc1c[nH]c2ccccc12)C(=O)O)c1ccccc1. The minimum absolute atomic E-state index is 0.229. The van der Waals surface area contributed by atoms with Crippen LogP contribution in [0.2, 0.25) is 0 Å². The molecule has 0 spiro atoms. The number of amides is 1. The monoisotopic (exact) mass is 336 g/mol. The van der Waals surface area contributed by atoms with Crippen molar-refractivity contribution in [2.45, 2.75) is 25.3 Å². The highest BCUT2D eigenvalue weighted by Gasteiger charge is 2.24. The summed E-state index contributed by atoms with van der Waals surface area (Å²) in [5.74, 6) is -1.75. The third kappa shape index (κ3) is 3.71. The number of carboxylic acids is 1. The number of rotatable bonds is 6. The third-order valence-corrected chi connectivity index (χ3v) is 4.41. The smallest absolute Gasteiger partial charge is 0.326 e. The van der Waals surface area contributed by atoms with Gasteiger partial charge in [-0.05, 0) is 24.1 Å². The van der Waals surface area contributed by atoms with E-state index in [1.165, 1.54) is 0 Å². The number of hydrogen-bond donors (Lipinski definition) is 3.